The number of carbonyl (C=O) groups excluding carboxylic acids is 1. The Balaban J connectivity index is 1.71. The van der Waals surface area contributed by atoms with Crippen molar-refractivity contribution >= 4 is 5.91 Å². The molecule has 0 unspecified atom stereocenters. The molecule has 0 aliphatic heterocycles. The summed E-state index contributed by atoms with van der Waals surface area (Å²) < 4.78 is 1.96. The van der Waals surface area contributed by atoms with Gasteiger partial charge in [-0.15, -0.1) is 0 Å². The average molecular weight is 287 g/mol. The van der Waals surface area contributed by atoms with Crippen LogP contribution in [0.2, 0.25) is 0 Å². The molecule has 2 rings (SSSR count). The predicted octanol–water partition coefficient (Wildman–Crippen LogP) is 1.95. The van der Waals surface area contributed by atoms with Gasteiger partial charge in [-0.05, 0) is 44.0 Å². The molecule has 0 saturated heterocycles. The quantitative estimate of drug-likeness (QED) is 0.798. The zero-order chi connectivity index (χ0) is 15.2. The first kappa shape index (κ1) is 15.1. The van der Waals surface area contributed by atoms with Crippen LogP contribution < -0.4 is 5.32 Å². The van der Waals surface area contributed by atoms with Crippen LogP contribution >= 0.6 is 0 Å². The van der Waals surface area contributed by atoms with Gasteiger partial charge in [0.15, 0.2) is 0 Å². The van der Waals surface area contributed by atoms with Crippen molar-refractivity contribution in [3.8, 4) is 5.75 Å². The lowest BCUT2D eigenvalue weighted by molar-refractivity contribution is -0.120. The van der Waals surface area contributed by atoms with Crippen molar-refractivity contribution in [2.24, 2.45) is 0 Å². The summed E-state index contributed by atoms with van der Waals surface area (Å²) in [7, 11) is 0. The summed E-state index contributed by atoms with van der Waals surface area (Å²) in [4.78, 5) is 11.8. The van der Waals surface area contributed by atoms with E-state index in [1.54, 1.807) is 18.2 Å². The highest BCUT2D eigenvalue weighted by Gasteiger charge is 2.04. The van der Waals surface area contributed by atoms with Gasteiger partial charge in [0.25, 0.3) is 0 Å². The maximum Gasteiger partial charge on any atom is 0.224 e. The number of rotatable bonds is 6. The number of benzene rings is 1. The number of aromatic nitrogens is 2. The Morgan fingerprint density at radius 1 is 1.33 bits per heavy atom. The van der Waals surface area contributed by atoms with E-state index < -0.39 is 0 Å². The third kappa shape index (κ3) is 4.63. The molecule has 5 nitrogen and oxygen atoms in total. The number of aryl methyl sites for hydroxylation is 3. The number of nitrogens with zero attached hydrogens (tertiary/aromatic N) is 2. The maximum absolute atomic E-state index is 11.8. The number of amides is 1. The molecule has 0 bridgehead atoms. The van der Waals surface area contributed by atoms with Crippen LogP contribution in [0.25, 0.3) is 0 Å². The SMILES string of the molecule is Cc1cc(C)n(CCCNC(=O)Cc2cccc(O)c2)n1. The van der Waals surface area contributed by atoms with Gasteiger partial charge < -0.3 is 10.4 Å². The van der Waals surface area contributed by atoms with E-state index in [-0.39, 0.29) is 18.1 Å². The molecule has 2 aromatic rings. The van der Waals surface area contributed by atoms with Crippen molar-refractivity contribution in [3.05, 3.63) is 47.3 Å². The van der Waals surface area contributed by atoms with E-state index in [1.165, 1.54) is 0 Å². The minimum absolute atomic E-state index is 0.0334. The number of carbonyl (C=O) groups is 1. The molecule has 0 radical (unpaired) electrons. The monoisotopic (exact) mass is 287 g/mol. The van der Waals surface area contributed by atoms with E-state index in [4.69, 9.17) is 0 Å². The Labute approximate surface area is 124 Å². The molecule has 0 aliphatic carbocycles. The van der Waals surface area contributed by atoms with Gasteiger partial charge in [0, 0.05) is 18.8 Å². The van der Waals surface area contributed by atoms with E-state index in [0.29, 0.717) is 6.54 Å². The number of hydrogen-bond acceptors (Lipinski definition) is 3. The Bertz CT molecular complexity index is 620. The molecule has 0 aliphatic rings. The number of hydrogen-bond donors (Lipinski definition) is 2. The molecule has 0 fully saturated rings. The standard InChI is InChI=1S/C16H21N3O2/c1-12-9-13(2)19(18-12)8-4-7-17-16(21)11-14-5-3-6-15(20)10-14/h3,5-6,9-10,20H,4,7-8,11H2,1-2H3,(H,17,21). The number of phenols is 1. The molecule has 0 spiro atoms. The fraction of sp³-hybridized carbons (Fsp3) is 0.375. The van der Waals surface area contributed by atoms with E-state index in [1.807, 2.05) is 30.7 Å². The van der Waals surface area contributed by atoms with Gasteiger partial charge in [-0.1, -0.05) is 12.1 Å². The first-order chi connectivity index (χ1) is 10.0. The van der Waals surface area contributed by atoms with Gasteiger partial charge in [0.1, 0.15) is 5.75 Å². The van der Waals surface area contributed by atoms with Crippen LogP contribution in [0.15, 0.2) is 30.3 Å². The lowest BCUT2D eigenvalue weighted by Gasteiger charge is -2.07. The Morgan fingerprint density at radius 2 is 2.14 bits per heavy atom. The van der Waals surface area contributed by atoms with E-state index in [2.05, 4.69) is 10.4 Å². The second-order valence-corrected chi connectivity index (χ2v) is 5.20. The summed E-state index contributed by atoms with van der Waals surface area (Å²) in [5, 5.41) is 16.6. The van der Waals surface area contributed by atoms with Crippen LogP contribution in [-0.4, -0.2) is 27.3 Å². The molecule has 1 amide bonds. The number of phenolic OH excluding ortho intramolecular Hbond substituents is 1. The minimum atomic E-state index is -0.0334. The van der Waals surface area contributed by atoms with Crippen molar-refractivity contribution in [3.63, 3.8) is 0 Å². The Kier molecular flexibility index (Phi) is 4.98. The molecule has 5 heteroatoms. The highest BCUT2D eigenvalue weighted by molar-refractivity contribution is 5.78. The van der Waals surface area contributed by atoms with E-state index in [9.17, 15) is 9.90 Å². The van der Waals surface area contributed by atoms with Crippen LogP contribution in [-0.2, 0) is 17.8 Å². The molecule has 1 heterocycles. The lowest BCUT2D eigenvalue weighted by atomic mass is 10.1. The van der Waals surface area contributed by atoms with Crippen molar-refractivity contribution in [1.82, 2.24) is 15.1 Å². The Hall–Kier alpha value is -2.30. The molecule has 1 aromatic carbocycles. The van der Waals surface area contributed by atoms with Gasteiger partial charge in [-0.25, -0.2) is 0 Å². The van der Waals surface area contributed by atoms with E-state index >= 15 is 0 Å². The third-order valence-electron chi connectivity index (χ3n) is 3.25. The van der Waals surface area contributed by atoms with Gasteiger partial charge in [-0.3, -0.25) is 9.48 Å². The Morgan fingerprint density at radius 3 is 2.81 bits per heavy atom. The number of nitrogens with one attached hydrogen (secondary N) is 1. The van der Waals surface area contributed by atoms with Gasteiger partial charge in [0.2, 0.25) is 5.91 Å². The molecular weight excluding hydrogens is 266 g/mol. The normalized spacial score (nSPS) is 10.6. The zero-order valence-corrected chi connectivity index (χ0v) is 12.5. The fourth-order valence-electron chi connectivity index (χ4n) is 2.27. The summed E-state index contributed by atoms with van der Waals surface area (Å²) in [6.07, 6.45) is 1.13. The fourth-order valence-corrected chi connectivity index (χ4v) is 2.27. The van der Waals surface area contributed by atoms with Crippen LogP contribution in [0.1, 0.15) is 23.4 Å². The molecule has 112 valence electrons. The molecule has 0 atom stereocenters. The highest BCUT2D eigenvalue weighted by atomic mass is 16.3. The second-order valence-electron chi connectivity index (χ2n) is 5.20. The van der Waals surface area contributed by atoms with Crippen molar-refractivity contribution in [2.45, 2.75) is 33.2 Å². The predicted molar refractivity (Wildman–Crippen MR) is 81.1 cm³/mol. The summed E-state index contributed by atoms with van der Waals surface area (Å²) in [5.74, 6) is 0.152. The summed E-state index contributed by atoms with van der Waals surface area (Å²) in [6, 6.07) is 8.81. The van der Waals surface area contributed by atoms with E-state index in [0.717, 1.165) is 29.9 Å². The van der Waals surface area contributed by atoms with Crippen molar-refractivity contribution in [1.29, 1.82) is 0 Å². The van der Waals surface area contributed by atoms with Gasteiger partial charge in [0.05, 0.1) is 12.1 Å². The maximum atomic E-state index is 11.8. The van der Waals surface area contributed by atoms with Crippen molar-refractivity contribution in [2.75, 3.05) is 6.54 Å². The molecule has 0 saturated carbocycles. The molecule has 2 N–H and O–H groups in total. The van der Waals surface area contributed by atoms with Crippen LogP contribution in [0, 0.1) is 13.8 Å². The molecule has 21 heavy (non-hydrogen) atoms. The van der Waals surface area contributed by atoms with Crippen LogP contribution in [0.4, 0.5) is 0 Å². The summed E-state index contributed by atoms with van der Waals surface area (Å²) in [6.45, 7) is 5.42. The highest BCUT2D eigenvalue weighted by Crippen LogP contribution is 2.11. The summed E-state index contributed by atoms with van der Waals surface area (Å²) >= 11 is 0. The average Bonchev–Trinajstić information content (AvgIpc) is 2.73. The zero-order valence-electron chi connectivity index (χ0n) is 12.5. The van der Waals surface area contributed by atoms with Crippen LogP contribution in [0.5, 0.6) is 5.75 Å². The molecular formula is C16H21N3O2. The third-order valence-corrected chi connectivity index (χ3v) is 3.25. The van der Waals surface area contributed by atoms with Crippen molar-refractivity contribution < 1.29 is 9.90 Å². The van der Waals surface area contributed by atoms with Crippen LogP contribution in [0.3, 0.4) is 0 Å². The first-order valence-electron chi connectivity index (χ1n) is 7.10. The largest absolute Gasteiger partial charge is 0.508 e. The topological polar surface area (TPSA) is 67.2 Å². The lowest BCUT2D eigenvalue weighted by Crippen LogP contribution is -2.27. The first-order valence-corrected chi connectivity index (χ1v) is 7.10. The second kappa shape index (κ2) is 6.92. The smallest absolute Gasteiger partial charge is 0.224 e. The van der Waals surface area contributed by atoms with Gasteiger partial charge in [-0.2, -0.15) is 5.10 Å². The number of aromatic hydroxyl groups is 1. The minimum Gasteiger partial charge on any atom is -0.508 e. The molecule has 1 aromatic heterocycles. The summed E-state index contributed by atoms with van der Waals surface area (Å²) in [5.41, 5.74) is 2.96. The van der Waals surface area contributed by atoms with Gasteiger partial charge >= 0.3 is 0 Å².